The molecule has 2 rings (SSSR count). The van der Waals surface area contributed by atoms with E-state index in [-0.39, 0.29) is 22.8 Å². The van der Waals surface area contributed by atoms with Crippen LogP contribution in [0.3, 0.4) is 0 Å². The quantitative estimate of drug-likeness (QED) is 0.809. The van der Waals surface area contributed by atoms with Crippen molar-refractivity contribution in [3.05, 3.63) is 46.2 Å². The fraction of sp³-hybridized carbons (Fsp3) is 0.0833. The molecule has 0 fully saturated rings. The average Bonchev–Trinajstić information content (AvgIpc) is 2.34. The minimum absolute atomic E-state index is 0.0812. The lowest BCUT2D eigenvalue weighted by Crippen LogP contribution is -2.05. The van der Waals surface area contributed by atoms with Crippen molar-refractivity contribution in [2.45, 2.75) is 6.92 Å². The third-order valence-corrected chi connectivity index (χ3v) is 2.86. The van der Waals surface area contributed by atoms with Crippen molar-refractivity contribution >= 4 is 23.3 Å². The van der Waals surface area contributed by atoms with Crippen molar-refractivity contribution in [1.82, 2.24) is 9.97 Å². The van der Waals surface area contributed by atoms with Gasteiger partial charge < -0.3 is 10.8 Å². The molecule has 0 spiro atoms. The maximum absolute atomic E-state index is 12.1. The van der Waals surface area contributed by atoms with Crippen LogP contribution in [0.1, 0.15) is 21.5 Å². The van der Waals surface area contributed by atoms with Crippen molar-refractivity contribution in [3.63, 3.8) is 0 Å². The van der Waals surface area contributed by atoms with E-state index in [0.29, 0.717) is 10.6 Å². The zero-order valence-corrected chi connectivity index (χ0v) is 10.3. The molecule has 6 heteroatoms. The van der Waals surface area contributed by atoms with E-state index >= 15 is 0 Å². The number of hydrogen-bond acceptors (Lipinski definition) is 5. The lowest BCUT2D eigenvalue weighted by Gasteiger charge is -2.06. The number of nitrogens with two attached hydrogens (primary N) is 1. The largest absolute Gasteiger partial charge is 0.507 e. The first-order valence-corrected chi connectivity index (χ1v) is 5.48. The van der Waals surface area contributed by atoms with Crippen molar-refractivity contribution < 1.29 is 9.90 Å². The lowest BCUT2D eigenvalue weighted by molar-refractivity contribution is 0.103. The summed E-state index contributed by atoms with van der Waals surface area (Å²) in [5.74, 6) is -0.453. The van der Waals surface area contributed by atoms with Gasteiger partial charge in [0.1, 0.15) is 5.75 Å². The third kappa shape index (κ3) is 2.26. The van der Waals surface area contributed by atoms with Crippen LogP contribution >= 0.6 is 11.6 Å². The van der Waals surface area contributed by atoms with Crippen LogP contribution in [0.4, 0.5) is 5.95 Å². The van der Waals surface area contributed by atoms with Crippen LogP contribution in [0.15, 0.2) is 24.5 Å². The van der Waals surface area contributed by atoms with Crippen molar-refractivity contribution in [2.75, 3.05) is 5.73 Å². The second-order valence-corrected chi connectivity index (χ2v) is 4.18. The van der Waals surface area contributed by atoms with E-state index in [0.717, 1.165) is 0 Å². The number of hydrogen-bond donors (Lipinski definition) is 2. The minimum Gasteiger partial charge on any atom is -0.507 e. The molecule has 1 aromatic heterocycles. The molecule has 2 aromatic rings. The van der Waals surface area contributed by atoms with Crippen LogP contribution in [-0.4, -0.2) is 20.9 Å². The zero-order chi connectivity index (χ0) is 13.3. The third-order valence-electron chi connectivity index (χ3n) is 2.46. The maximum Gasteiger partial charge on any atom is 0.219 e. The van der Waals surface area contributed by atoms with Gasteiger partial charge in [-0.1, -0.05) is 11.6 Å². The average molecular weight is 264 g/mol. The van der Waals surface area contributed by atoms with Gasteiger partial charge in [-0.05, 0) is 24.6 Å². The number of carbonyl (C=O) groups is 1. The molecule has 3 N–H and O–H groups in total. The van der Waals surface area contributed by atoms with Gasteiger partial charge in [-0.3, -0.25) is 4.79 Å². The Balaban J connectivity index is 2.46. The Morgan fingerprint density at radius 3 is 2.56 bits per heavy atom. The number of aromatic hydroxyl groups is 1. The van der Waals surface area contributed by atoms with Crippen LogP contribution in [0.2, 0.25) is 5.02 Å². The Morgan fingerprint density at radius 2 is 1.94 bits per heavy atom. The van der Waals surface area contributed by atoms with Crippen LogP contribution in [0.5, 0.6) is 5.75 Å². The number of phenolic OH excluding ortho intramolecular Hbond substituents is 1. The van der Waals surface area contributed by atoms with Crippen molar-refractivity contribution in [2.24, 2.45) is 0 Å². The number of aryl methyl sites for hydroxylation is 1. The number of nitrogen functional groups attached to an aromatic ring is 1. The van der Waals surface area contributed by atoms with Crippen molar-refractivity contribution in [3.8, 4) is 5.75 Å². The number of anilines is 1. The van der Waals surface area contributed by atoms with Gasteiger partial charge in [0.2, 0.25) is 5.95 Å². The number of carbonyl (C=O) groups excluding carboxylic acids is 1. The Hall–Kier alpha value is -2.14. The van der Waals surface area contributed by atoms with E-state index in [4.69, 9.17) is 17.3 Å². The highest BCUT2D eigenvalue weighted by Gasteiger charge is 2.16. The summed E-state index contributed by atoms with van der Waals surface area (Å²) < 4.78 is 0. The summed E-state index contributed by atoms with van der Waals surface area (Å²) in [6.07, 6.45) is 2.61. The van der Waals surface area contributed by atoms with Crippen molar-refractivity contribution in [1.29, 1.82) is 0 Å². The van der Waals surface area contributed by atoms with Crippen LogP contribution in [-0.2, 0) is 0 Å². The molecule has 1 heterocycles. The van der Waals surface area contributed by atoms with E-state index in [1.165, 1.54) is 24.5 Å². The first-order chi connectivity index (χ1) is 8.49. The Kier molecular flexibility index (Phi) is 3.16. The first kappa shape index (κ1) is 12.3. The number of nitrogens with zero attached hydrogens (tertiary/aromatic N) is 2. The Morgan fingerprint density at radius 1 is 1.33 bits per heavy atom. The number of phenols is 1. The second kappa shape index (κ2) is 4.62. The van der Waals surface area contributed by atoms with Gasteiger partial charge in [0.05, 0.1) is 11.1 Å². The molecule has 0 saturated carbocycles. The number of halogens is 1. The van der Waals surface area contributed by atoms with Crippen LogP contribution in [0, 0.1) is 6.92 Å². The topological polar surface area (TPSA) is 89.1 Å². The predicted octanol–water partition coefficient (Wildman–Crippen LogP) is 1.96. The molecule has 0 aliphatic rings. The fourth-order valence-corrected chi connectivity index (χ4v) is 1.62. The molecule has 0 radical (unpaired) electrons. The van der Waals surface area contributed by atoms with E-state index in [2.05, 4.69) is 9.97 Å². The Labute approximate surface area is 108 Å². The summed E-state index contributed by atoms with van der Waals surface area (Å²) in [7, 11) is 0. The monoisotopic (exact) mass is 263 g/mol. The minimum atomic E-state index is -0.408. The molecule has 0 unspecified atom stereocenters. The van der Waals surface area contributed by atoms with E-state index in [1.807, 2.05) is 0 Å². The maximum atomic E-state index is 12.1. The molecule has 18 heavy (non-hydrogen) atoms. The molecule has 0 aliphatic carbocycles. The molecular formula is C12H10ClN3O2. The highest BCUT2D eigenvalue weighted by molar-refractivity contribution is 6.32. The first-order valence-electron chi connectivity index (χ1n) is 5.10. The summed E-state index contributed by atoms with van der Waals surface area (Å²) in [6, 6.07) is 2.86. The van der Waals surface area contributed by atoms with Gasteiger partial charge in [-0.2, -0.15) is 0 Å². The number of ketones is 1. The number of rotatable bonds is 2. The summed E-state index contributed by atoms with van der Waals surface area (Å²) in [5, 5.41) is 10.2. The SMILES string of the molecule is Cc1cc(O)c(C(=O)c2cnc(N)nc2)cc1Cl. The standard InChI is InChI=1S/C12H10ClN3O2/c1-6-2-10(17)8(3-9(6)13)11(18)7-4-15-12(14)16-5-7/h2-5,17H,1H3,(H2,14,15,16). The Bertz CT molecular complexity index is 611. The smallest absolute Gasteiger partial charge is 0.219 e. The van der Waals surface area contributed by atoms with Gasteiger partial charge >= 0.3 is 0 Å². The van der Waals surface area contributed by atoms with Gasteiger partial charge in [-0.15, -0.1) is 0 Å². The summed E-state index contributed by atoms with van der Waals surface area (Å²) in [6.45, 7) is 1.74. The molecule has 1 aromatic carbocycles. The van der Waals surface area contributed by atoms with E-state index in [9.17, 15) is 9.90 Å². The number of benzene rings is 1. The molecule has 0 amide bonds. The van der Waals surface area contributed by atoms with Crippen LogP contribution in [0.25, 0.3) is 0 Å². The van der Waals surface area contributed by atoms with Gasteiger partial charge in [0.25, 0.3) is 0 Å². The van der Waals surface area contributed by atoms with E-state index in [1.54, 1.807) is 6.92 Å². The summed E-state index contributed by atoms with van der Waals surface area (Å²) in [4.78, 5) is 19.6. The molecule has 0 aliphatic heterocycles. The molecule has 0 bridgehead atoms. The normalized spacial score (nSPS) is 10.3. The van der Waals surface area contributed by atoms with Crippen LogP contribution < -0.4 is 5.73 Å². The van der Waals surface area contributed by atoms with Gasteiger partial charge in [-0.25, -0.2) is 9.97 Å². The zero-order valence-electron chi connectivity index (χ0n) is 9.51. The predicted molar refractivity (Wildman–Crippen MR) is 67.7 cm³/mol. The fourth-order valence-electron chi connectivity index (χ4n) is 1.46. The molecule has 5 nitrogen and oxygen atoms in total. The van der Waals surface area contributed by atoms with E-state index < -0.39 is 5.78 Å². The molecular weight excluding hydrogens is 254 g/mol. The highest BCUT2D eigenvalue weighted by Crippen LogP contribution is 2.27. The lowest BCUT2D eigenvalue weighted by atomic mass is 10.0. The summed E-state index contributed by atoms with van der Waals surface area (Å²) in [5.41, 5.74) is 6.37. The molecule has 0 saturated heterocycles. The second-order valence-electron chi connectivity index (χ2n) is 3.78. The summed E-state index contributed by atoms with van der Waals surface area (Å²) >= 11 is 5.93. The highest BCUT2D eigenvalue weighted by atomic mass is 35.5. The molecule has 92 valence electrons. The van der Waals surface area contributed by atoms with Gasteiger partial charge in [0, 0.05) is 17.4 Å². The van der Waals surface area contributed by atoms with Gasteiger partial charge in [0.15, 0.2) is 5.78 Å². The molecule has 0 atom stereocenters. The number of aromatic nitrogens is 2.